The minimum Gasteiger partial charge on any atom is -0.479 e. The molecule has 0 radical (unpaired) electrons. The number of para-hydroxylation sites is 1. The molecular weight excluding hydrogens is 548 g/mol. The molecule has 3 rings (SSSR count). The summed E-state index contributed by atoms with van der Waals surface area (Å²) in [5.41, 5.74) is 0.694. The van der Waals surface area contributed by atoms with Gasteiger partial charge in [-0.3, -0.25) is 19.2 Å². The molecule has 0 bridgehead atoms. The topological polar surface area (TPSA) is 126 Å². The van der Waals surface area contributed by atoms with Crippen LogP contribution < -0.4 is 26.0 Å². The first-order chi connectivity index (χ1) is 19.5. The summed E-state index contributed by atoms with van der Waals surface area (Å²) in [7, 11) is 0. The van der Waals surface area contributed by atoms with Crippen molar-refractivity contribution in [3.63, 3.8) is 0 Å². The van der Waals surface area contributed by atoms with Crippen molar-refractivity contribution in [3.05, 3.63) is 59.7 Å². The van der Waals surface area contributed by atoms with Crippen molar-refractivity contribution in [2.24, 2.45) is 11.8 Å². The van der Waals surface area contributed by atoms with Gasteiger partial charge in [-0.25, -0.2) is 8.78 Å². The molecule has 1 saturated heterocycles. The van der Waals surface area contributed by atoms with E-state index in [9.17, 15) is 36.7 Å². The Bertz CT molecular complexity index is 1240. The Kier molecular flexibility index (Phi) is 11.1. The van der Waals surface area contributed by atoms with E-state index >= 15 is 0 Å². The van der Waals surface area contributed by atoms with Crippen LogP contribution in [0.2, 0.25) is 0 Å². The lowest BCUT2D eigenvalue weighted by atomic mass is 9.95. The number of rotatable bonds is 14. The zero-order valence-corrected chi connectivity index (χ0v) is 22.6. The van der Waals surface area contributed by atoms with Gasteiger partial charge in [-0.2, -0.15) is 8.78 Å². The number of carbonyl (C=O) groups excluding carboxylic acids is 4. The van der Waals surface area contributed by atoms with Crippen LogP contribution in [0.25, 0.3) is 0 Å². The standard InChI is InChI=1S/C28H32F4N4O5/c1-15(2)10-21(35-23(38)13-34-17-6-4-3-5-7-17)28(40)36-20(11-16-8-9-33-27(16)39)22(37)14-41-26-24(31)18(29)12-19(30)25(26)32/h3-7,12,15-16,20-21,34H,8-11,13-14H2,1-2H3,(H,33,39)(H,35,38)(H,36,40)/t16-,20-,21-/m0/s1. The van der Waals surface area contributed by atoms with E-state index in [-0.39, 0.29) is 37.3 Å². The maximum absolute atomic E-state index is 14.0. The summed E-state index contributed by atoms with van der Waals surface area (Å²) in [5.74, 6) is -11.7. The maximum atomic E-state index is 14.0. The molecule has 3 atom stereocenters. The molecular formula is C28H32F4N4O5. The summed E-state index contributed by atoms with van der Waals surface area (Å²) < 4.78 is 59.9. The number of benzene rings is 2. The maximum Gasteiger partial charge on any atom is 0.243 e. The van der Waals surface area contributed by atoms with E-state index in [1.165, 1.54) is 0 Å². The highest BCUT2D eigenvalue weighted by molar-refractivity contribution is 5.94. The van der Waals surface area contributed by atoms with Crippen molar-refractivity contribution >= 4 is 29.2 Å². The van der Waals surface area contributed by atoms with Gasteiger partial charge in [0.25, 0.3) is 0 Å². The minimum atomic E-state index is -1.82. The van der Waals surface area contributed by atoms with Crippen molar-refractivity contribution in [2.75, 3.05) is 25.0 Å². The summed E-state index contributed by atoms with van der Waals surface area (Å²) in [6, 6.07) is 6.49. The Balaban J connectivity index is 1.72. The fourth-order valence-corrected chi connectivity index (χ4v) is 4.31. The van der Waals surface area contributed by atoms with Gasteiger partial charge in [-0.15, -0.1) is 0 Å². The SMILES string of the molecule is CC(C)C[C@H](NC(=O)CNc1ccccc1)C(=O)N[C@@H](C[C@@H]1CCNC1=O)C(=O)COc1c(F)c(F)cc(F)c1F. The second-order valence-electron chi connectivity index (χ2n) is 10.1. The molecule has 0 unspecified atom stereocenters. The van der Waals surface area contributed by atoms with E-state index in [0.717, 1.165) is 0 Å². The quantitative estimate of drug-likeness (QED) is 0.201. The number of ketones is 1. The van der Waals surface area contributed by atoms with Gasteiger partial charge in [0, 0.05) is 24.2 Å². The zero-order chi connectivity index (χ0) is 30.1. The number of amides is 3. The van der Waals surface area contributed by atoms with Crippen LogP contribution in [0, 0.1) is 35.1 Å². The second-order valence-corrected chi connectivity index (χ2v) is 10.1. The molecule has 2 aromatic carbocycles. The van der Waals surface area contributed by atoms with Crippen LogP contribution >= 0.6 is 0 Å². The molecule has 1 heterocycles. The summed E-state index contributed by atoms with van der Waals surface area (Å²) >= 11 is 0. The van der Waals surface area contributed by atoms with Crippen LogP contribution in [-0.2, 0) is 19.2 Å². The molecule has 0 aliphatic carbocycles. The Morgan fingerprint density at radius 2 is 1.66 bits per heavy atom. The monoisotopic (exact) mass is 580 g/mol. The number of halogens is 4. The first-order valence-corrected chi connectivity index (χ1v) is 13.1. The van der Waals surface area contributed by atoms with Gasteiger partial charge >= 0.3 is 0 Å². The van der Waals surface area contributed by atoms with Crippen LogP contribution in [0.15, 0.2) is 36.4 Å². The van der Waals surface area contributed by atoms with Gasteiger partial charge in [0.15, 0.2) is 23.2 Å². The Hall–Kier alpha value is -4.16. The number of hydrogen-bond donors (Lipinski definition) is 4. The molecule has 0 aromatic heterocycles. The Morgan fingerprint density at radius 1 is 1.00 bits per heavy atom. The molecule has 3 amide bonds. The van der Waals surface area contributed by atoms with Crippen LogP contribution in [0.1, 0.15) is 33.1 Å². The summed E-state index contributed by atoms with van der Waals surface area (Å²) in [5, 5.41) is 10.7. The molecule has 222 valence electrons. The fourth-order valence-electron chi connectivity index (χ4n) is 4.31. The van der Waals surface area contributed by atoms with E-state index in [2.05, 4.69) is 21.3 Å². The summed E-state index contributed by atoms with van der Waals surface area (Å²) in [4.78, 5) is 51.1. The van der Waals surface area contributed by atoms with Crippen LogP contribution in [-0.4, -0.2) is 55.3 Å². The molecule has 0 saturated carbocycles. The number of Topliss-reactive ketones (excluding diaryl/α,β-unsaturated/α-hetero) is 1. The summed E-state index contributed by atoms with van der Waals surface area (Å²) in [6.07, 6.45) is 0.415. The van der Waals surface area contributed by atoms with Gasteiger partial charge in [0.2, 0.25) is 29.4 Å². The lowest BCUT2D eigenvalue weighted by Gasteiger charge is -2.25. The smallest absolute Gasteiger partial charge is 0.243 e. The third kappa shape index (κ3) is 8.92. The zero-order valence-electron chi connectivity index (χ0n) is 22.6. The third-order valence-electron chi connectivity index (χ3n) is 6.40. The highest BCUT2D eigenvalue weighted by Crippen LogP contribution is 2.27. The largest absolute Gasteiger partial charge is 0.479 e. The van der Waals surface area contributed by atoms with Gasteiger partial charge in [-0.1, -0.05) is 32.0 Å². The predicted molar refractivity (Wildman–Crippen MR) is 141 cm³/mol. The normalized spacial score (nSPS) is 16.1. The first kappa shape index (κ1) is 31.4. The van der Waals surface area contributed by atoms with Crippen molar-refractivity contribution in [2.45, 2.75) is 45.2 Å². The van der Waals surface area contributed by atoms with E-state index in [0.29, 0.717) is 18.7 Å². The van der Waals surface area contributed by atoms with E-state index < -0.39 is 71.2 Å². The average molecular weight is 581 g/mol. The molecule has 1 fully saturated rings. The Morgan fingerprint density at radius 3 is 2.24 bits per heavy atom. The molecule has 1 aliphatic heterocycles. The highest BCUT2D eigenvalue weighted by atomic mass is 19.2. The molecule has 2 aromatic rings. The van der Waals surface area contributed by atoms with E-state index in [1.807, 2.05) is 19.9 Å². The van der Waals surface area contributed by atoms with Crippen molar-refractivity contribution in [3.8, 4) is 5.75 Å². The third-order valence-corrected chi connectivity index (χ3v) is 6.40. The number of ether oxygens (including phenoxy) is 1. The van der Waals surface area contributed by atoms with Crippen LogP contribution in [0.3, 0.4) is 0 Å². The summed E-state index contributed by atoms with van der Waals surface area (Å²) in [6.45, 7) is 2.82. The second kappa shape index (κ2) is 14.5. The lowest BCUT2D eigenvalue weighted by molar-refractivity contribution is -0.132. The lowest BCUT2D eigenvalue weighted by Crippen LogP contribution is -2.54. The average Bonchev–Trinajstić information content (AvgIpc) is 3.34. The van der Waals surface area contributed by atoms with Gasteiger partial charge in [0.1, 0.15) is 12.6 Å². The van der Waals surface area contributed by atoms with E-state index in [4.69, 9.17) is 4.74 Å². The molecule has 0 spiro atoms. The molecule has 4 N–H and O–H groups in total. The van der Waals surface area contributed by atoms with Crippen molar-refractivity contribution in [1.82, 2.24) is 16.0 Å². The van der Waals surface area contributed by atoms with E-state index in [1.54, 1.807) is 24.3 Å². The number of carbonyl (C=O) groups is 4. The molecule has 9 nitrogen and oxygen atoms in total. The fraction of sp³-hybridized carbons (Fsp3) is 0.429. The minimum absolute atomic E-state index is 0.000386. The molecule has 13 heteroatoms. The number of nitrogens with one attached hydrogen (secondary N) is 4. The van der Waals surface area contributed by atoms with Crippen LogP contribution in [0.4, 0.5) is 23.2 Å². The van der Waals surface area contributed by atoms with Gasteiger partial charge in [0.05, 0.1) is 12.6 Å². The van der Waals surface area contributed by atoms with Gasteiger partial charge < -0.3 is 26.0 Å². The first-order valence-electron chi connectivity index (χ1n) is 13.1. The van der Waals surface area contributed by atoms with Crippen LogP contribution in [0.5, 0.6) is 5.75 Å². The molecule has 1 aliphatic rings. The highest BCUT2D eigenvalue weighted by Gasteiger charge is 2.34. The number of hydrogen-bond acceptors (Lipinski definition) is 6. The predicted octanol–water partition coefficient (Wildman–Crippen LogP) is 2.84. The Labute approximate surface area is 234 Å². The molecule has 41 heavy (non-hydrogen) atoms. The van der Waals surface area contributed by atoms with Gasteiger partial charge in [-0.05, 0) is 37.3 Å². The number of anilines is 1. The van der Waals surface area contributed by atoms with Crippen molar-refractivity contribution in [1.29, 1.82) is 0 Å². The van der Waals surface area contributed by atoms with Crippen molar-refractivity contribution < 1.29 is 41.5 Å².